The molecule has 2 saturated heterocycles. The summed E-state index contributed by atoms with van der Waals surface area (Å²) in [6.07, 6.45) is 2.88. The second-order valence-electron chi connectivity index (χ2n) is 5.40. The monoisotopic (exact) mass is 289 g/mol. The highest BCUT2D eigenvalue weighted by atomic mass is 35.5. The van der Waals surface area contributed by atoms with Gasteiger partial charge in [0.2, 0.25) is 11.8 Å². The van der Waals surface area contributed by atoms with Crippen LogP contribution in [-0.2, 0) is 9.59 Å². The second kappa shape index (κ2) is 7.10. The lowest BCUT2D eigenvalue weighted by molar-refractivity contribution is -0.140. The van der Waals surface area contributed by atoms with E-state index in [9.17, 15) is 9.59 Å². The normalized spacial score (nSPS) is 26.7. The number of likely N-dealkylation sites (N-methyl/N-ethyl adjacent to an activating group) is 1. The molecule has 2 aliphatic rings. The molecule has 0 saturated carbocycles. The van der Waals surface area contributed by atoms with Crippen LogP contribution in [0.15, 0.2) is 0 Å². The van der Waals surface area contributed by atoms with Crippen LogP contribution in [0.1, 0.15) is 26.2 Å². The minimum Gasteiger partial charge on any atom is -0.342 e. The van der Waals surface area contributed by atoms with Crippen LogP contribution in [0.25, 0.3) is 0 Å². The molecule has 0 bridgehead atoms. The molecule has 0 aliphatic carbocycles. The molecular formula is C13H24ClN3O2. The van der Waals surface area contributed by atoms with Gasteiger partial charge in [-0.15, -0.1) is 12.4 Å². The van der Waals surface area contributed by atoms with E-state index in [1.54, 1.807) is 11.8 Å². The maximum Gasteiger partial charge on any atom is 0.227 e. The minimum absolute atomic E-state index is 0. The van der Waals surface area contributed by atoms with Gasteiger partial charge in [-0.25, -0.2) is 0 Å². The maximum atomic E-state index is 12.4. The Balaban J connectivity index is 0.00000180. The van der Waals surface area contributed by atoms with Crippen LogP contribution in [0.4, 0.5) is 0 Å². The number of carbonyl (C=O) groups excluding carboxylic acids is 2. The molecule has 1 N–H and O–H groups in total. The Labute approximate surface area is 121 Å². The van der Waals surface area contributed by atoms with Crippen molar-refractivity contribution in [2.75, 3.05) is 33.2 Å². The number of amides is 2. The summed E-state index contributed by atoms with van der Waals surface area (Å²) in [5, 5.41) is 3.28. The van der Waals surface area contributed by atoms with Crippen molar-refractivity contribution in [2.45, 2.75) is 32.2 Å². The van der Waals surface area contributed by atoms with E-state index in [2.05, 4.69) is 5.32 Å². The zero-order valence-corrected chi connectivity index (χ0v) is 12.5. The van der Waals surface area contributed by atoms with E-state index in [4.69, 9.17) is 0 Å². The summed E-state index contributed by atoms with van der Waals surface area (Å²) in [5.74, 6) is 0.278. The van der Waals surface area contributed by atoms with Crippen LogP contribution in [0.5, 0.6) is 0 Å². The van der Waals surface area contributed by atoms with Gasteiger partial charge in [-0.2, -0.15) is 0 Å². The summed E-state index contributed by atoms with van der Waals surface area (Å²) in [5.41, 5.74) is 0. The van der Waals surface area contributed by atoms with Gasteiger partial charge < -0.3 is 15.1 Å². The number of halogens is 1. The Morgan fingerprint density at radius 2 is 2.05 bits per heavy atom. The number of piperidine rings is 1. The molecule has 2 aliphatic heterocycles. The molecule has 0 aromatic rings. The summed E-state index contributed by atoms with van der Waals surface area (Å²) in [7, 11) is 1.90. The van der Waals surface area contributed by atoms with Gasteiger partial charge in [0.15, 0.2) is 0 Å². The van der Waals surface area contributed by atoms with Gasteiger partial charge >= 0.3 is 0 Å². The molecule has 110 valence electrons. The van der Waals surface area contributed by atoms with Crippen molar-refractivity contribution < 1.29 is 9.59 Å². The highest BCUT2D eigenvalue weighted by molar-refractivity contribution is 5.85. The standard InChI is InChI=1S/C13H23N3O2.ClH/c1-10(17)16-7-3-4-11(9-16)13(18)15(2)12-5-6-14-8-12;/h11-12,14H,3-9H2,1-2H3;1H. The van der Waals surface area contributed by atoms with Gasteiger partial charge in [0, 0.05) is 39.6 Å². The summed E-state index contributed by atoms with van der Waals surface area (Å²) >= 11 is 0. The van der Waals surface area contributed by atoms with Crippen molar-refractivity contribution in [3.05, 3.63) is 0 Å². The first-order valence-corrected chi connectivity index (χ1v) is 6.82. The smallest absolute Gasteiger partial charge is 0.227 e. The van der Waals surface area contributed by atoms with Crippen LogP contribution in [-0.4, -0.2) is 60.9 Å². The molecule has 6 heteroatoms. The van der Waals surface area contributed by atoms with Gasteiger partial charge in [-0.1, -0.05) is 0 Å². The Morgan fingerprint density at radius 1 is 1.32 bits per heavy atom. The predicted molar refractivity (Wildman–Crippen MR) is 76.3 cm³/mol. The van der Waals surface area contributed by atoms with E-state index in [1.165, 1.54) is 0 Å². The number of nitrogens with zero attached hydrogens (tertiary/aromatic N) is 2. The van der Waals surface area contributed by atoms with Crippen molar-refractivity contribution in [1.29, 1.82) is 0 Å². The number of carbonyl (C=O) groups is 2. The third kappa shape index (κ3) is 3.83. The second-order valence-corrected chi connectivity index (χ2v) is 5.40. The summed E-state index contributed by atoms with van der Waals surface area (Å²) in [6, 6.07) is 0.324. The van der Waals surface area contributed by atoms with Crippen LogP contribution in [0.3, 0.4) is 0 Å². The fourth-order valence-corrected chi connectivity index (χ4v) is 2.90. The quantitative estimate of drug-likeness (QED) is 0.805. The third-order valence-corrected chi connectivity index (χ3v) is 4.15. The number of rotatable bonds is 2. The molecule has 5 nitrogen and oxygen atoms in total. The Kier molecular flexibility index (Phi) is 6.07. The molecule has 2 heterocycles. The lowest BCUT2D eigenvalue weighted by Gasteiger charge is -2.35. The molecule has 19 heavy (non-hydrogen) atoms. The molecule has 0 aromatic carbocycles. The van der Waals surface area contributed by atoms with Crippen molar-refractivity contribution >= 4 is 24.2 Å². The lowest BCUT2D eigenvalue weighted by Crippen LogP contribution is -2.48. The predicted octanol–water partition coefficient (Wildman–Crippen LogP) is 0.487. The molecule has 0 spiro atoms. The van der Waals surface area contributed by atoms with Crippen LogP contribution < -0.4 is 5.32 Å². The molecule has 2 fully saturated rings. The average Bonchev–Trinajstić information content (AvgIpc) is 2.91. The first-order chi connectivity index (χ1) is 8.59. The zero-order valence-electron chi connectivity index (χ0n) is 11.7. The Morgan fingerprint density at radius 3 is 2.63 bits per heavy atom. The molecule has 2 atom stereocenters. The van der Waals surface area contributed by atoms with E-state index in [0.717, 1.165) is 38.9 Å². The van der Waals surface area contributed by atoms with Gasteiger partial charge in [-0.05, 0) is 25.8 Å². The fraction of sp³-hybridized carbons (Fsp3) is 0.846. The summed E-state index contributed by atoms with van der Waals surface area (Å²) < 4.78 is 0. The molecule has 0 radical (unpaired) electrons. The topological polar surface area (TPSA) is 52.7 Å². The van der Waals surface area contributed by atoms with Gasteiger partial charge in [0.05, 0.1) is 5.92 Å². The van der Waals surface area contributed by atoms with Crippen molar-refractivity contribution in [3.63, 3.8) is 0 Å². The molecule has 2 rings (SSSR count). The highest BCUT2D eigenvalue weighted by Gasteiger charge is 2.32. The van der Waals surface area contributed by atoms with E-state index in [-0.39, 0.29) is 30.1 Å². The van der Waals surface area contributed by atoms with Crippen molar-refractivity contribution in [1.82, 2.24) is 15.1 Å². The van der Waals surface area contributed by atoms with Gasteiger partial charge in [-0.3, -0.25) is 9.59 Å². The van der Waals surface area contributed by atoms with E-state index < -0.39 is 0 Å². The van der Waals surface area contributed by atoms with E-state index in [0.29, 0.717) is 12.6 Å². The fourth-order valence-electron chi connectivity index (χ4n) is 2.90. The third-order valence-electron chi connectivity index (χ3n) is 4.15. The minimum atomic E-state index is -0.00625. The maximum absolute atomic E-state index is 12.4. The van der Waals surface area contributed by atoms with Crippen LogP contribution in [0, 0.1) is 5.92 Å². The first kappa shape index (κ1) is 16.2. The summed E-state index contributed by atoms with van der Waals surface area (Å²) in [6.45, 7) is 4.86. The largest absolute Gasteiger partial charge is 0.342 e. The number of hydrogen-bond donors (Lipinski definition) is 1. The molecule has 0 aromatic heterocycles. The van der Waals surface area contributed by atoms with E-state index in [1.807, 2.05) is 11.9 Å². The van der Waals surface area contributed by atoms with Gasteiger partial charge in [0.1, 0.15) is 0 Å². The molecule has 2 unspecified atom stereocenters. The average molecular weight is 290 g/mol. The molecular weight excluding hydrogens is 266 g/mol. The van der Waals surface area contributed by atoms with Crippen LogP contribution >= 0.6 is 12.4 Å². The van der Waals surface area contributed by atoms with Gasteiger partial charge in [0.25, 0.3) is 0 Å². The number of hydrogen-bond acceptors (Lipinski definition) is 3. The first-order valence-electron chi connectivity index (χ1n) is 6.82. The Hall–Kier alpha value is -0.810. The SMILES string of the molecule is CC(=O)N1CCCC(C(=O)N(C)C2CCNC2)C1.Cl. The zero-order chi connectivity index (χ0) is 13.1. The lowest BCUT2D eigenvalue weighted by atomic mass is 9.96. The van der Waals surface area contributed by atoms with Crippen molar-refractivity contribution in [2.24, 2.45) is 5.92 Å². The van der Waals surface area contributed by atoms with Crippen LogP contribution in [0.2, 0.25) is 0 Å². The van der Waals surface area contributed by atoms with E-state index >= 15 is 0 Å². The molecule has 2 amide bonds. The number of nitrogens with one attached hydrogen (secondary N) is 1. The van der Waals surface area contributed by atoms with Crippen molar-refractivity contribution in [3.8, 4) is 0 Å². The Bertz CT molecular complexity index is 332. The number of likely N-dealkylation sites (tertiary alicyclic amines) is 1. The summed E-state index contributed by atoms with van der Waals surface area (Å²) in [4.78, 5) is 27.5. The highest BCUT2D eigenvalue weighted by Crippen LogP contribution is 2.20.